The van der Waals surface area contributed by atoms with Crippen LogP contribution >= 0.6 is 0 Å². The van der Waals surface area contributed by atoms with Gasteiger partial charge < -0.3 is 4.74 Å². The Bertz CT molecular complexity index is 632. The van der Waals surface area contributed by atoms with Crippen molar-refractivity contribution >= 4 is 12.4 Å². The fraction of sp³-hybridized carbons (Fsp3) is 0.125. The van der Waals surface area contributed by atoms with Crippen molar-refractivity contribution in [3.05, 3.63) is 65.0 Å². The quantitative estimate of drug-likeness (QED) is 0.787. The number of ether oxygens (including phenoxy) is 1. The molecule has 94 valence electrons. The molecule has 0 N–H and O–H groups in total. The molecule has 1 aromatic carbocycles. The third kappa shape index (κ3) is 2.55. The van der Waals surface area contributed by atoms with Crippen molar-refractivity contribution in [2.45, 2.75) is 6.42 Å². The van der Waals surface area contributed by atoms with E-state index < -0.39 is 0 Å². The van der Waals surface area contributed by atoms with Gasteiger partial charge in [0.15, 0.2) is 0 Å². The molecule has 0 fully saturated rings. The van der Waals surface area contributed by atoms with Gasteiger partial charge in [-0.15, -0.1) is 0 Å². The first-order valence-electron chi connectivity index (χ1n) is 6.15. The average Bonchev–Trinajstić information content (AvgIpc) is 2.47. The summed E-state index contributed by atoms with van der Waals surface area (Å²) in [6.45, 7) is 0.360. The van der Waals surface area contributed by atoms with Gasteiger partial charge in [0.2, 0.25) is 0 Å². The lowest BCUT2D eigenvalue weighted by molar-refractivity contribution is -0.105. The van der Waals surface area contributed by atoms with Crippen LogP contribution in [0.1, 0.15) is 16.7 Å². The van der Waals surface area contributed by atoms with Crippen LogP contribution in [0.3, 0.4) is 0 Å². The molecule has 2 heterocycles. The lowest BCUT2D eigenvalue weighted by atomic mass is 10.0. The van der Waals surface area contributed by atoms with Gasteiger partial charge in [-0.3, -0.25) is 9.78 Å². The Kier molecular flexibility index (Phi) is 3.11. The Labute approximate surface area is 111 Å². The van der Waals surface area contributed by atoms with E-state index in [2.05, 4.69) is 17.1 Å². The number of carbonyl (C=O) groups is 1. The number of hydrogen-bond acceptors (Lipinski definition) is 3. The number of aromatic nitrogens is 1. The first-order valence-corrected chi connectivity index (χ1v) is 6.15. The Hall–Kier alpha value is -2.42. The molecule has 1 aromatic heterocycles. The maximum Gasteiger partial charge on any atom is 0.149 e. The predicted octanol–water partition coefficient (Wildman–Crippen LogP) is 2.65. The summed E-state index contributed by atoms with van der Waals surface area (Å²) in [5.41, 5.74) is 3.98. The largest absolute Gasteiger partial charge is 0.488 e. The zero-order valence-electron chi connectivity index (χ0n) is 10.4. The minimum atomic E-state index is 0.360. The van der Waals surface area contributed by atoms with Crippen LogP contribution in [0.15, 0.2) is 48.3 Å². The SMILES string of the molecule is O=CC1=Cc2cc(Cc3cccnc3)ccc2OC1. The number of pyridine rings is 1. The van der Waals surface area contributed by atoms with Crippen LogP contribution in [-0.2, 0) is 11.2 Å². The lowest BCUT2D eigenvalue weighted by Crippen LogP contribution is -2.08. The van der Waals surface area contributed by atoms with Crippen LogP contribution in [-0.4, -0.2) is 17.9 Å². The van der Waals surface area contributed by atoms with Gasteiger partial charge in [-0.25, -0.2) is 0 Å². The summed E-state index contributed by atoms with van der Waals surface area (Å²) in [5.74, 6) is 0.834. The highest BCUT2D eigenvalue weighted by atomic mass is 16.5. The van der Waals surface area contributed by atoms with Crippen LogP contribution in [0, 0.1) is 0 Å². The molecule has 0 bridgehead atoms. The number of nitrogens with zero attached hydrogens (tertiary/aromatic N) is 1. The van der Waals surface area contributed by atoms with Gasteiger partial charge in [-0.2, -0.15) is 0 Å². The standard InChI is InChI=1S/C16H13NO2/c18-10-14-8-15-7-12(3-4-16(15)19-11-14)6-13-2-1-5-17-9-13/h1-5,7-10H,6,11H2. The second-order valence-electron chi connectivity index (χ2n) is 4.54. The van der Waals surface area contributed by atoms with Crippen LogP contribution in [0.2, 0.25) is 0 Å². The first kappa shape index (κ1) is 11.7. The van der Waals surface area contributed by atoms with E-state index in [0.29, 0.717) is 12.2 Å². The molecule has 0 aliphatic carbocycles. The summed E-state index contributed by atoms with van der Waals surface area (Å²) in [7, 11) is 0. The number of aldehydes is 1. The highest BCUT2D eigenvalue weighted by Crippen LogP contribution is 2.27. The number of fused-ring (bicyclic) bond motifs is 1. The minimum Gasteiger partial charge on any atom is -0.488 e. The van der Waals surface area contributed by atoms with Crippen molar-refractivity contribution in [1.82, 2.24) is 4.98 Å². The summed E-state index contributed by atoms with van der Waals surface area (Å²) in [6, 6.07) is 10.0. The van der Waals surface area contributed by atoms with Gasteiger partial charge in [0, 0.05) is 23.5 Å². The number of carbonyl (C=O) groups excluding carboxylic acids is 1. The van der Waals surface area contributed by atoms with Crippen LogP contribution in [0.4, 0.5) is 0 Å². The molecule has 19 heavy (non-hydrogen) atoms. The molecule has 0 unspecified atom stereocenters. The Morgan fingerprint density at radius 2 is 2.21 bits per heavy atom. The molecule has 0 saturated heterocycles. The van der Waals surface area contributed by atoms with Gasteiger partial charge >= 0.3 is 0 Å². The lowest BCUT2D eigenvalue weighted by Gasteiger charge is -2.16. The molecule has 0 amide bonds. The van der Waals surface area contributed by atoms with Crippen molar-refractivity contribution in [2.24, 2.45) is 0 Å². The van der Waals surface area contributed by atoms with Gasteiger partial charge in [-0.05, 0) is 41.8 Å². The molecular formula is C16H13NO2. The Morgan fingerprint density at radius 1 is 1.26 bits per heavy atom. The maximum absolute atomic E-state index is 10.8. The molecule has 0 spiro atoms. The predicted molar refractivity (Wildman–Crippen MR) is 73.0 cm³/mol. The molecule has 0 saturated carbocycles. The second kappa shape index (κ2) is 5.06. The van der Waals surface area contributed by atoms with E-state index in [0.717, 1.165) is 24.0 Å². The topological polar surface area (TPSA) is 39.2 Å². The number of hydrogen-bond donors (Lipinski definition) is 0. The molecule has 1 aliphatic rings. The molecule has 2 aromatic rings. The van der Waals surface area contributed by atoms with Gasteiger partial charge in [-0.1, -0.05) is 12.1 Å². The van der Waals surface area contributed by atoms with E-state index in [1.165, 1.54) is 11.1 Å². The number of benzene rings is 1. The van der Waals surface area contributed by atoms with E-state index >= 15 is 0 Å². The molecule has 3 rings (SSSR count). The van der Waals surface area contributed by atoms with Crippen molar-refractivity contribution in [3.63, 3.8) is 0 Å². The monoisotopic (exact) mass is 251 g/mol. The van der Waals surface area contributed by atoms with Crippen molar-refractivity contribution in [1.29, 1.82) is 0 Å². The van der Waals surface area contributed by atoms with E-state index in [4.69, 9.17) is 4.74 Å². The van der Waals surface area contributed by atoms with Crippen LogP contribution in [0.25, 0.3) is 6.08 Å². The van der Waals surface area contributed by atoms with Crippen molar-refractivity contribution in [3.8, 4) is 5.75 Å². The molecule has 3 nitrogen and oxygen atoms in total. The second-order valence-corrected chi connectivity index (χ2v) is 4.54. The zero-order chi connectivity index (χ0) is 13.1. The molecule has 3 heteroatoms. The summed E-state index contributed by atoms with van der Waals surface area (Å²) < 4.78 is 5.52. The first-order chi connectivity index (χ1) is 9.35. The van der Waals surface area contributed by atoms with Gasteiger partial charge in [0.1, 0.15) is 18.6 Å². The highest BCUT2D eigenvalue weighted by molar-refractivity contribution is 5.84. The zero-order valence-corrected chi connectivity index (χ0v) is 10.4. The van der Waals surface area contributed by atoms with Crippen LogP contribution in [0.5, 0.6) is 5.75 Å². The van der Waals surface area contributed by atoms with Crippen molar-refractivity contribution < 1.29 is 9.53 Å². The van der Waals surface area contributed by atoms with Gasteiger partial charge in [0.05, 0.1) is 0 Å². The fourth-order valence-corrected chi connectivity index (χ4v) is 2.16. The summed E-state index contributed by atoms with van der Waals surface area (Å²) in [6.07, 6.45) is 7.19. The number of rotatable bonds is 3. The minimum absolute atomic E-state index is 0.360. The van der Waals surface area contributed by atoms with E-state index in [-0.39, 0.29) is 0 Å². The highest BCUT2D eigenvalue weighted by Gasteiger charge is 2.11. The Balaban J connectivity index is 1.90. The normalized spacial score (nSPS) is 13.2. The van der Waals surface area contributed by atoms with E-state index in [1.54, 1.807) is 6.20 Å². The summed E-state index contributed by atoms with van der Waals surface area (Å²) >= 11 is 0. The van der Waals surface area contributed by atoms with Crippen LogP contribution < -0.4 is 4.74 Å². The maximum atomic E-state index is 10.8. The third-order valence-electron chi connectivity index (χ3n) is 3.09. The Morgan fingerprint density at radius 3 is 3.00 bits per heavy atom. The molecule has 0 radical (unpaired) electrons. The molecular weight excluding hydrogens is 238 g/mol. The third-order valence-corrected chi connectivity index (χ3v) is 3.09. The molecule has 1 aliphatic heterocycles. The van der Waals surface area contributed by atoms with E-state index in [1.807, 2.05) is 30.5 Å². The smallest absolute Gasteiger partial charge is 0.149 e. The van der Waals surface area contributed by atoms with Crippen molar-refractivity contribution in [2.75, 3.05) is 6.61 Å². The van der Waals surface area contributed by atoms with Gasteiger partial charge in [0.25, 0.3) is 0 Å². The molecule has 0 atom stereocenters. The summed E-state index contributed by atoms with van der Waals surface area (Å²) in [4.78, 5) is 14.9. The fourth-order valence-electron chi connectivity index (χ4n) is 2.16. The average molecular weight is 251 g/mol. The summed E-state index contributed by atoms with van der Waals surface area (Å²) in [5, 5.41) is 0. The van der Waals surface area contributed by atoms with E-state index in [9.17, 15) is 4.79 Å².